The van der Waals surface area contributed by atoms with E-state index in [-0.39, 0.29) is 17.7 Å². The van der Waals surface area contributed by atoms with Gasteiger partial charge in [0.2, 0.25) is 5.91 Å². The molecule has 2 aromatic carbocycles. The molecule has 1 atom stereocenters. The van der Waals surface area contributed by atoms with E-state index in [9.17, 15) is 9.59 Å². The molecule has 2 amide bonds. The highest BCUT2D eigenvalue weighted by Crippen LogP contribution is 2.30. The Balaban J connectivity index is 1.63. The lowest BCUT2D eigenvalue weighted by Gasteiger charge is -2.25. The predicted molar refractivity (Wildman–Crippen MR) is 108 cm³/mol. The number of hydrogen-bond acceptors (Lipinski definition) is 4. The molecule has 2 N–H and O–H groups in total. The lowest BCUT2D eigenvalue weighted by atomic mass is 9.95. The lowest BCUT2D eigenvalue weighted by molar-refractivity contribution is -0.126. The molecule has 0 aliphatic carbocycles. The van der Waals surface area contributed by atoms with Crippen LogP contribution in [0.3, 0.4) is 0 Å². The minimum absolute atomic E-state index is 0.0176. The molecule has 0 aromatic heterocycles. The van der Waals surface area contributed by atoms with Crippen molar-refractivity contribution in [3.8, 4) is 5.75 Å². The van der Waals surface area contributed by atoms with Gasteiger partial charge in [-0.25, -0.2) is 0 Å². The topological polar surface area (TPSA) is 76.7 Å². The van der Waals surface area contributed by atoms with Gasteiger partial charge in [0, 0.05) is 31.5 Å². The van der Waals surface area contributed by atoms with Crippen LogP contribution in [0.4, 0.5) is 5.69 Å². The van der Waals surface area contributed by atoms with Gasteiger partial charge in [-0.2, -0.15) is 0 Å². The Morgan fingerprint density at radius 1 is 1.21 bits per heavy atom. The van der Waals surface area contributed by atoms with E-state index in [4.69, 9.17) is 9.47 Å². The summed E-state index contributed by atoms with van der Waals surface area (Å²) in [5.41, 5.74) is 3.26. The van der Waals surface area contributed by atoms with Crippen molar-refractivity contribution in [2.45, 2.75) is 19.8 Å². The largest absolute Gasteiger partial charge is 0.492 e. The highest BCUT2D eigenvalue weighted by molar-refractivity contribution is 6.04. The van der Waals surface area contributed by atoms with Gasteiger partial charge in [0.15, 0.2) is 0 Å². The van der Waals surface area contributed by atoms with Crippen LogP contribution in [-0.4, -0.2) is 38.7 Å². The van der Waals surface area contributed by atoms with Crippen molar-refractivity contribution in [3.63, 3.8) is 0 Å². The second-order valence-corrected chi connectivity index (χ2v) is 7.00. The molecule has 1 aliphatic rings. The summed E-state index contributed by atoms with van der Waals surface area (Å²) in [7, 11) is 1.64. The van der Waals surface area contributed by atoms with Crippen molar-refractivity contribution in [1.82, 2.24) is 5.32 Å². The smallest absolute Gasteiger partial charge is 0.255 e. The van der Waals surface area contributed by atoms with Crippen LogP contribution >= 0.6 is 0 Å². The molecule has 0 bridgehead atoms. The van der Waals surface area contributed by atoms with E-state index in [0.717, 1.165) is 23.3 Å². The highest BCUT2D eigenvalue weighted by Gasteiger charge is 2.26. The molecule has 0 spiro atoms. The zero-order chi connectivity index (χ0) is 19.9. The summed E-state index contributed by atoms with van der Waals surface area (Å²) in [5, 5.41) is 5.84. The van der Waals surface area contributed by atoms with E-state index in [2.05, 4.69) is 10.6 Å². The highest BCUT2D eigenvalue weighted by atomic mass is 16.5. The minimum atomic E-state index is -0.238. The normalized spacial score (nSPS) is 15.3. The number of methoxy groups -OCH3 is 1. The van der Waals surface area contributed by atoms with E-state index in [1.807, 2.05) is 43.3 Å². The van der Waals surface area contributed by atoms with Gasteiger partial charge in [-0.15, -0.1) is 0 Å². The SMILES string of the molecule is COCCCNC(=O)[C@H]1COc2ccc(NC(=O)c3cccc(C)c3)cc2C1. The first-order valence-electron chi connectivity index (χ1n) is 9.47. The summed E-state index contributed by atoms with van der Waals surface area (Å²) in [6, 6.07) is 13.0. The van der Waals surface area contributed by atoms with Crippen LogP contribution in [0.5, 0.6) is 5.75 Å². The van der Waals surface area contributed by atoms with Crippen molar-refractivity contribution < 1.29 is 19.1 Å². The van der Waals surface area contributed by atoms with Crippen molar-refractivity contribution in [2.24, 2.45) is 5.92 Å². The number of ether oxygens (including phenoxy) is 2. The average Bonchev–Trinajstić information content (AvgIpc) is 2.70. The van der Waals surface area contributed by atoms with Crippen LogP contribution < -0.4 is 15.4 Å². The van der Waals surface area contributed by atoms with Gasteiger partial charge in [0.1, 0.15) is 12.4 Å². The zero-order valence-electron chi connectivity index (χ0n) is 16.3. The van der Waals surface area contributed by atoms with Crippen molar-refractivity contribution in [3.05, 3.63) is 59.2 Å². The third kappa shape index (κ3) is 5.10. The monoisotopic (exact) mass is 382 g/mol. The zero-order valence-corrected chi connectivity index (χ0v) is 16.3. The maximum absolute atomic E-state index is 12.5. The molecule has 3 rings (SSSR count). The summed E-state index contributed by atoms with van der Waals surface area (Å²) >= 11 is 0. The molecule has 1 aliphatic heterocycles. The number of rotatable bonds is 7. The Morgan fingerprint density at radius 3 is 2.86 bits per heavy atom. The molecule has 6 nitrogen and oxygen atoms in total. The molecule has 28 heavy (non-hydrogen) atoms. The fraction of sp³-hybridized carbons (Fsp3) is 0.364. The first-order valence-corrected chi connectivity index (χ1v) is 9.47. The molecular formula is C22H26N2O4. The van der Waals surface area contributed by atoms with Crippen LogP contribution in [0.2, 0.25) is 0 Å². The molecule has 1 heterocycles. The van der Waals surface area contributed by atoms with E-state index < -0.39 is 0 Å². The second-order valence-electron chi connectivity index (χ2n) is 7.00. The summed E-state index contributed by atoms with van der Waals surface area (Å²) in [6.45, 7) is 3.52. The Hall–Kier alpha value is -2.86. The summed E-state index contributed by atoms with van der Waals surface area (Å²) in [5.74, 6) is 0.346. The molecule has 0 unspecified atom stereocenters. The number of amides is 2. The van der Waals surface area contributed by atoms with Crippen molar-refractivity contribution >= 4 is 17.5 Å². The number of carbonyl (C=O) groups is 2. The number of aryl methyl sites for hydroxylation is 1. The minimum Gasteiger partial charge on any atom is -0.492 e. The molecule has 6 heteroatoms. The van der Waals surface area contributed by atoms with Crippen LogP contribution in [-0.2, 0) is 16.0 Å². The van der Waals surface area contributed by atoms with Gasteiger partial charge >= 0.3 is 0 Å². The lowest BCUT2D eigenvalue weighted by Crippen LogP contribution is -2.38. The van der Waals surface area contributed by atoms with Gasteiger partial charge in [0.05, 0.1) is 5.92 Å². The van der Waals surface area contributed by atoms with Crippen LogP contribution in [0.15, 0.2) is 42.5 Å². The molecular weight excluding hydrogens is 356 g/mol. The molecule has 2 aromatic rings. The van der Waals surface area contributed by atoms with Gasteiger partial charge in [-0.1, -0.05) is 17.7 Å². The fourth-order valence-electron chi connectivity index (χ4n) is 3.20. The van der Waals surface area contributed by atoms with E-state index in [1.54, 1.807) is 13.2 Å². The first-order chi connectivity index (χ1) is 13.6. The fourth-order valence-corrected chi connectivity index (χ4v) is 3.20. The van der Waals surface area contributed by atoms with Gasteiger partial charge in [0.25, 0.3) is 5.91 Å². The first kappa shape index (κ1) is 19.9. The number of nitrogens with one attached hydrogen (secondary N) is 2. The predicted octanol–water partition coefficient (Wildman–Crippen LogP) is 2.95. The van der Waals surface area contributed by atoms with Gasteiger partial charge in [-0.05, 0) is 55.7 Å². The van der Waals surface area contributed by atoms with Crippen molar-refractivity contribution in [1.29, 1.82) is 0 Å². The number of fused-ring (bicyclic) bond motifs is 1. The Bertz CT molecular complexity index is 850. The molecule has 0 saturated heterocycles. The average molecular weight is 382 g/mol. The van der Waals surface area contributed by atoms with Crippen molar-refractivity contribution in [2.75, 3.05) is 32.2 Å². The van der Waals surface area contributed by atoms with E-state index in [0.29, 0.717) is 37.4 Å². The summed E-state index contributed by atoms with van der Waals surface area (Å²) in [4.78, 5) is 24.8. The van der Waals surface area contributed by atoms with Gasteiger partial charge < -0.3 is 20.1 Å². The molecule has 0 saturated carbocycles. The molecule has 148 valence electrons. The maximum atomic E-state index is 12.5. The summed E-state index contributed by atoms with van der Waals surface area (Å²) < 4.78 is 10.7. The number of anilines is 1. The quantitative estimate of drug-likeness (QED) is 0.722. The Labute approximate surface area is 165 Å². The third-order valence-corrected chi connectivity index (χ3v) is 4.70. The van der Waals surface area contributed by atoms with Crippen LogP contribution in [0.1, 0.15) is 27.9 Å². The summed E-state index contributed by atoms with van der Waals surface area (Å²) in [6.07, 6.45) is 1.36. The number of carbonyl (C=O) groups excluding carboxylic acids is 2. The van der Waals surface area contributed by atoms with E-state index >= 15 is 0 Å². The Kier molecular flexibility index (Phi) is 6.66. The van der Waals surface area contributed by atoms with Gasteiger partial charge in [-0.3, -0.25) is 9.59 Å². The number of hydrogen-bond donors (Lipinski definition) is 2. The number of benzene rings is 2. The maximum Gasteiger partial charge on any atom is 0.255 e. The standard InChI is InChI=1S/C22H26N2O4/c1-15-5-3-6-16(11-15)22(26)24-19-7-8-20-17(13-19)12-18(14-28-20)21(25)23-9-4-10-27-2/h3,5-8,11,13,18H,4,9-10,12,14H2,1-2H3,(H,23,25)(H,24,26)/t18-/m1/s1. The second kappa shape index (κ2) is 9.37. The third-order valence-electron chi connectivity index (χ3n) is 4.70. The van der Waals surface area contributed by atoms with Crippen LogP contribution in [0, 0.1) is 12.8 Å². The van der Waals surface area contributed by atoms with E-state index in [1.165, 1.54) is 0 Å². The van der Waals surface area contributed by atoms with Crippen LogP contribution in [0.25, 0.3) is 0 Å². The molecule has 0 radical (unpaired) electrons. The molecule has 0 fully saturated rings. The Morgan fingerprint density at radius 2 is 2.07 bits per heavy atom.